The molecular weight excluding hydrogens is 408 g/mol. The summed E-state index contributed by atoms with van der Waals surface area (Å²) in [6.07, 6.45) is 0.380. The van der Waals surface area contributed by atoms with Crippen LogP contribution >= 0.6 is 50.6 Å². The van der Waals surface area contributed by atoms with Crippen molar-refractivity contribution in [1.82, 2.24) is 5.32 Å². The Morgan fingerprint density at radius 1 is 1.55 bits per heavy atom. The second kappa shape index (κ2) is 6.71. The van der Waals surface area contributed by atoms with Gasteiger partial charge in [-0.2, -0.15) is 0 Å². The van der Waals surface area contributed by atoms with Crippen molar-refractivity contribution in [2.45, 2.75) is 45.3 Å². The van der Waals surface area contributed by atoms with Crippen LogP contribution in [0.5, 0.6) is 0 Å². The Bertz CT molecular complexity index is 612. The van der Waals surface area contributed by atoms with Crippen LogP contribution in [0.2, 0.25) is 5.02 Å². The Kier molecular flexibility index (Phi) is 5.52. The van der Waals surface area contributed by atoms with E-state index in [0.29, 0.717) is 10.2 Å². The number of nitrogens with one attached hydrogen (secondary N) is 1. The molecule has 1 aliphatic heterocycles. The molecule has 0 unspecified atom stereocenters. The molecule has 0 fully saturated rings. The lowest BCUT2D eigenvalue weighted by Crippen LogP contribution is -2.38. The zero-order valence-corrected chi connectivity index (χ0v) is 16.8. The summed E-state index contributed by atoms with van der Waals surface area (Å²) in [6.45, 7) is 7.52. The molecule has 122 valence electrons. The quantitative estimate of drug-likeness (QED) is 0.655. The van der Waals surface area contributed by atoms with Gasteiger partial charge in [0.1, 0.15) is 5.60 Å². The van der Waals surface area contributed by atoms with Crippen molar-refractivity contribution >= 4 is 61.9 Å². The summed E-state index contributed by atoms with van der Waals surface area (Å²) in [6, 6.07) is 1.88. The van der Waals surface area contributed by atoms with Crippen molar-refractivity contribution in [2.75, 3.05) is 5.75 Å². The van der Waals surface area contributed by atoms with E-state index in [-0.39, 0.29) is 0 Å². The monoisotopic (exact) mass is 424 g/mol. The van der Waals surface area contributed by atoms with Crippen molar-refractivity contribution in [2.24, 2.45) is 4.99 Å². The lowest BCUT2D eigenvalue weighted by atomic mass is 9.97. The fourth-order valence-electron chi connectivity index (χ4n) is 1.99. The summed E-state index contributed by atoms with van der Waals surface area (Å²) in [5.74, 6) is 0.858. The second-order valence-electron chi connectivity index (χ2n) is 6.14. The van der Waals surface area contributed by atoms with Gasteiger partial charge in [0, 0.05) is 5.75 Å². The van der Waals surface area contributed by atoms with Crippen LogP contribution in [0.25, 0.3) is 0 Å². The molecule has 0 radical (unpaired) electrons. The number of thiophene rings is 1. The zero-order chi connectivity index (χ0) is 16.5. The van der Waals surface area contributed by atoms with Crippen LogP contribution in [0.1, 0.15) is 39.0 Å². The molecule has 2 rings (SSSR count). The van der Waals surface area contributed by atoms with Crippen LogP contribution in [-0.4, -0.2) is 22.6 Å². The number of ether oxygens (including phenoxy) is 1. The molecule has 22 heavy (non-hydrogen) atoms. The Balaban J connectivity index is 2.18. The van der Waals surface area contributed by atoms with E-state index in [4.69, 9.17) is 21.3 Å². The Labute approximate surface area is 152 Å². The van der Waals surface area contributed by atoms with Gasteiger partial charge < -0.3 is 4.74 Å². The van der Waals surface area contributed by atoms with Crippen LogP contribution < -0.4 is 5.32 Å². The SMILES string of the molecule is CC(C)(C)OC(=O)NC1=N[C@](C)(c2sc(Br)cc2Cl)CCS1. The maximum absolute atomic E-state index is 11.9. The largest absolute Gasteiger partial charge is 0.444 e. The summed E-state index contributed by atoms with van der Waals surface area (Å²) < 4.78 is 6.24. The van der Waals surface area contributed by atoms with Gasteiger partial charge >= 0.3 is 6.09 Å². The van der Waals surface area contributed by atoms with Gasteiger partial charge in [0.2, 0.25) is 0 Å². The van der Waals surface area contributed by atoms with Gasteiger partial charge in [-0.25, -0.2) is 4.79 Å². The van der Waals surface area contributed by atoms with E-state index in [1.165, 1.54) is 11.8 Å². The number of amides is 1. The van der Waals surface area contributed by atoms with Crippen LogP contribution in [-0.2, 0) is 10.3 Å². The maximum atomic E-state index is 11.9. The summed E-state index contributed by atoms with van der Waals surface area (Å²) in [4.78, 5) is 17.6. The third-order valence-corrected chi connectivity index (χ3v) is 6.11. The average Bonchev–Trinajstić information content (AvgIpc) is 2.66. The normalized spacial score (nSPS) is 22.2. The number of alkyl carbamates (subject to hydrolysis) is 1. The molecule has 0 bridgehead atoms. The van der Waals surface area contributed by atoms with Crippen molar-refractivity contribution in [3.8, 4) is 0 Å². The minimum Gasteiger partial charge on any atom is -0.444 e. The summed E-state index contributed by atoms with van der Waals surface area (Å²) >= 11 is 12.8. The van der Waals surface area contributed by atoms with E-state index in [2.05, 4.69) is 21.2 Å². The molecule has 0 aliphatic carbocycles. The highest BCUT2D eigenvalue weighted by molar-refractivity contribution is 9.11. The second-order valence-corrected chi connectivity index (χ2v) is 10.1. The predicted octanol–water partition coefficient (Wildman–Crippen LogP) is 5.40. The summed E-state index contributed by atoms with van der Waals surface area (Å²) in [7, 11) is 0. The van der Waals surface area contributed by atoms with Gasteiger partial charge in [0.15, 0.2) is 5.17 Å². The molecular formula is C14H18BrClN2O2S2. The van der Waals surface area contributed by atoms with Gasteiger partial charge in [-0.1, -0.05) is 23.4 Å². The Hall–Kier alpha value is -0.240. The topological polar surface area (TPSA) is 50.7 Å². The zero-order valence-electron chi connectivity index (χ0n) is 12.8. The smallest absolute Gasteiger partial charge is 0.413 e. The van der Waals surface area contributed by atoms with E-state index < -0.39 is 17.2 Å². The number of hydrogen-bond acceptors (Lipinski definition) is 5. The van der Waals surface area contributed by atoms with Crippen molar-refractivity contribution in [3.05, 3.63) is 19.8 Å². The number of aliphatic imine (C=N–C) groups is 1. The number of nitrogens with zero attached hydrogens (tertiary/aromatic N) is 1. The van der Waals surface area contributed by atoms with Gasteiger partial charge in [0.05, 0.1) is 19.2 Å². The highest BCUT2D eigenvalue weighted by atomic mass is 79.9. The molecule has 0 spiro atoms. The molecule has 1 aromatic heterocycles. The first kappa shape index (κ1) is 18.1. The van der Waals surface area contributed by atoms with E-state index in [1.807, 2.05) is 33.8 Å². The van der Waals surface area contributed by atoms with Crippen molar-refractivity contribution in [1.29, 1.82) is 0 Å². The van der Waals surface area contributed by atoms with E-state index in [9.17, 15) is 4.79 Å². The molecule has 4 nitrogen and oxygen atoms in total. The fraction of sp³-hybridized carbons (Fsp3) is 0.571. The van der Waals surface area contributed by atoms with Crippen LogP contribution in [0.4, 0.5) is 4.79 Å². The number of amidine groups is 1. The summed E-state index contributed by atoms with van der Waals surface area (Å²) in [5, 5.41) is 4.00. The number of hydrogen-bond donors (Lipinski definition) is 1. The van der Waals surface area contributed by atoms with E-state index >= 15 is 0 Å². The van der Waals surface area contributed by atoms with Crippen LogP contribution in [0.3, 0.4) is 0 Å². The van der Waals surface area contributed by atoms with Crippen LogP contribution in [0, 0.1) is 0 Å². The first-order valence-electron chi connectivity index (χ1n) is 6.77. The highest BCUT2D eigenvalue weighted by Crippen LogP contribution is 2.44. The molecule has 1 aliphatic rings. The standard InChI is InChI=1S/C14H18BrClN2O2S2/c1-13(2,3)20-12(19)17-11-18-14(4,5-6-21-11)10-8(16)7-9(15)22-10/h7H,5-6H2,1-4H3,(H,17,18,19)/t14-/m0/s1. The molecule has 2 heterocycles. The first-order valence-corrected chi connectivity index (χ1v) is 9.74. The first-order chi connectivity index (χ1) is 10.1. The minimum atomic E-state index is -0.533. The molecule has 8 heteroatoms. The van der Waals surface area contributed by atoms with Gasteiger partial charge in [-0.3, -0.25) is 10.3 Å². The number of halogens is 2. The maximum Gasteiger partial charge on any atom is 0.413 e. The number of thioether (sulfide) groups is 1. The fourth-order valence-corrected chi connectivity index (χ4v) is 5.34. The average molecular weight is 426 g/mol. The molecule has 1 N–H and O–H groups in total. The lowest BCUT2D eigenvalue weighted by Gasteiger charge is -2.30. The number of carbonyl (C=O) groups excluding carboxylic acids is 1. The minimum absolute atomic E-state index is 0.427. The Morgan fingerprint density at radius 2 is 2.23 bits per heavy atom. The van der Waals surface area contributed by atoms with E-state index in [1.54, 1.807) is 11.3 Å². The predicted molar refractivity (Wildman–Crippen MR) is 98.3 cm³/mol. The van der Waals surface area contributed by atoms with Crippen molar-refractivity contribution in [3.63, 3.8) is 0 Å². The van der Waals surface area contributed by atoms with Gasteiger partial charge in [-0.15, -0.1) is 11.3 Å². The molecule has 0 saturated heterocycles. The third-order valence-electron chi connectivity index (χ3n) is 2.93. The lowest BCUT2D eigenvalue weighted by molar-refractivity contribution is 0.0564. The summed E-state index contributed by atoms with van der Waals surface area (Å²) in [5.41, 5.74) is -0.960. The third kappa shape index (κ3) is 4.63. The van der Waals surface area contributed by atoms with Crippen LogP contribution in [0.15, 0.2) is 14.8 Å². The molecule has 1 amide bonds. The highest BCUT2D eigenvalue weighted by Gasteiger charge is 2.34. The number of carbonyl (C=O) groups is 1. The molecule has 0 saturated carbocycles. The Morgan fingerprint density at radius 3 is 2.77 bits per heavy atom. The van der Waals surface area contributed by atoms with Crippen molar-refractivity contribution < 1.29 is 9.53 Å². The number of rotatable bonds is 1. The van der Waals surface area contributed by atoms with Gasteiger partial charge in [0.25, 0.3) is 0 Å². The molecule has 1 atom stereocenters. The molecule has 0 aromatic carbocycles. The molecule has 1 aromatic rings. The van der Waals surface area contributed by atoms with Gasteiger partial charge in [-0.05, 0) is 56.1 Å². The van der Waals surface area contributed by atoms with E-state index in [0.717, 1.165) is 20.8 Å².